The van der Waals surface area contributed by atoms with E-state index in [0.717, 1.165) is 6.07 Å². The number of nitrogens with two attached hydrogens (primary N) is 1. The van der Waals surface area contributed by atoms with Gasteiger partial charge in [-0.1, -0.05) is 34.5 Å². The minimum absolute atomic E-state index is 0.0683. The molecule has 1 aromatic heterocycles. The van der Waals surface area contributed by atoms with Crippen LogP contribution in [0.25, 0.3) is 0 Å². The van der Waals surface area contributed by atoms with Gasteiger partial charge in [-0.2, -0.15) is 0 Å². The van der Waals surface area contributed by atoms with Gasteiger partial charge in [0, 0.05) is 11.1 Å². The molecular weight excluding hydrogens is 361 g/mol. The van der Waals surface area contributed by atoms with Gasteiger partial charge in [-0.05, 0) is 18.2 Å². The van der Waals surface area contributed by atoms with E-state index in [1.54, 1.807) is 0 Å². The fraction of sp³-hybridized carbons (Fsp3) is 0. The molecule has 2 aromatic rings. The summed E-state index contributed by atoms with van der Waals surface area (Å²) in [6.07, 6.45) is 0. The van der Waals surface area contributed by atoms with Crippen LogP contribution in [0.15, 0.2) is 28.5 Å². The molecule has 0 saturated carbocycles. The Kier molecular flexibility index (Phi) is 4.28. The molecule has 11 heteroatoms. The van der Waals surface area contributed by atoms with Crippen LogP contribution < -0.4 is 10.5 Å². The summed E-state index contributed by atoms with van der Waals surface area (Å²) in [6.45, 7) is 0. The lowest BCUT2D eigenvalue weighted by atomic mass is 10.3. The van der Waals surface area contributed by atoms with Gasteiger partial charge in [-0.25, -0.2) is 8.42 Å². The van der Waals surface area contributed by atoms with Crippen molar-refractivity contribution in [3.05, 3.63) is 44.4 Å². The van der Waals surface area contributed by atoms with E-state index in [4.69, 9.17) is 28.9 Å². The van der Waals surface area contributed by atoms with Gasteiger partial charge >= 0.3 is 5.69 Å². The summed E-state index contributed by atoms with van der Waals surface area (Å²) in [5, 5.41) is 10.9. The molecule has 0 aliphatic carbocycles. The molecular formula is C10H7Cl2N3O4S2. The molecule has 0 fully saturated rings. The summed E-state index contributed by atoms with van der Waals surface area (Å²) >= 11 is 12.2. The molecule has 0 aliphatic heterocycles. The van der Waals surface area contributed by atoms with Crippen LogP contribution in [-0.4, -0.2) is 13.3 Å². The highest BCUT2D eigenvalue weighted by Crippen LogP contribution is 2.36. The number of hydrogen-bond acceptors (Lipinski definition) is 6. The van der Waals surface area contributed by atoms with Crippen molar-refractivity contribution in [1.82, 2.24) is 0 Å². The molecule has 0 amide bonds. The van der Waals surface area contributed by atoms with E-state index < -0.39 is 20.6 Å². The molecule has 0 aliphatic rings. The standard InChI is InChI=1S/C10H7Cl2N3O4S2/c11-5-1-2-6(12)7(3-5)14-21(18,19)9-4-8(15(16)17)10(13)20-9/h1-4,14H,13H2. The molecule has 1 aromatic carbocycles. The number of benzene rings is 1. The third kappa shape index (κ3) is 3.38. The average Bonchev–Trinajstić information content (AvgIpc) is 2.77. The molecule has 21 heavy (non-hydrogen) atoms. The minimum atomic E-state index is -4.05. The third-order valence-corrected chi connectivity index (χ3v) is 5.71. The van der Waals surface area contributed by atoms with Crippen LogP contribution in [0.4, 0.5) is 16.4 Å². The molecule has 0 unspecified atom stereocenters. The molecule has 112 valence electrons. The lowest BCUT2D eigenvalue weighted by Crippen LogP contribution is -2.11. The molecule has 0 radical (unpaired) electrons. The quantitative estimate of drug-likeness (QED) is 0.634. The number of nitrogens with zero attached hydrogens (tertiary/aromatic N) is 1. The topological polar surface area (TPSA) is 115 Å². The van der Waals surface area contributed by atoms with E-state index in [1.165, 1.54) is 18.2 Å². The maximum atomic E-state index is 12.2. The number of anilines is 2. The summed E-state index contributed by atoms with van der Waals surface area (Å²) in [5.74, 6) is 0. The summed E-state index contributed by atoms with van der Waals surface area (Å²) in [5.41, 5.74) is 5.03. The van der Waals surface area contributed by atoms with Crippen molar-refractivity contribution >= 4 is 60.9 Å². The van der Waals surface area contributed by atoms with Gasteiger partial charge in [0.25, 0.3) is 10.0 Å². The van der Waals surface area contributed by atoms with E-state index >= 15 is 0 Å². The lowest BCUT2D eigenvalue weighted by molar-refractivity contribution is -0.383. The Morgan fingerprint density at radius 3 is 2.52 bits per heavy atom. The number of sulfonamides is 1. The second kappa shape index (κ2) is 5.68. The Morgan fingerprint density at radius 1 is 1.29 bits per heavy atom. The van der Waals surface area contributed by atoms with Crippen molar-refractivity contribution in [2.24, 2.45) is 0 Å². The van der Waals surface area contributed by atoms with Crippen LogP contribution in [0.5, 0.6) is 0 Å². The van der Waals surface area contributed by atoms with Crippen molar-refractivity contribution in [2.75, 3.05) is 10.5 Å². The zero-order valence-electron chi connectivity index (χ0n) is 10.0. The molecule has 0 atom stereocenters. The molecule has 0 spiro atoms. The highest BCUT2D eigenvalue weighted by molar-refractivity contribution is 7.94. The Labute approximate surface area is 133 Å². The summed E-state index contributed by atoms with van der Waals surface area (Å²) < 4.78 is 26.3. The van der Waals surface area contributed by atoms with E-state index in [-0.39, 0.29) is 24.9 Å². The van der Waals surface area contributed by atoms with Crippen molar-refractivity contribution in [3.63, 3.8) is 0 Å². The smallest absolute Gasteiger partial charge is 0.304 e. The monoisotopic (exact) mass is 367 g/mol. The van der Waals surface area contributed by atoms with Crippen LogP contribution in [0.1, 0.15) is 0 Å². The zero-order chi connectivity index (χ0) is 15.8. The minimum Gasteiger partial charge on any atom is -0.385 e. The van der Waals surface area contributed by atoms with Crippen molar-refractivity contribution in [3.8, 4) is 0 Å². The highest BCUT2D eigenvalue weighted by atomic mass is 35.5. The van der Waals surface area contributed by atoms with E-state index in [1.807, 2.05) is 0 Å². The fourth-order valence-corrected chi connectivity index (χ4v) is 4.10. The van der Waals surface area contributed by atoms with Gasteiger partial charge in [-0.15, -0.1) is 0 Å². The highest BCUT2D eigenvalue weighted by Gasteiger charge is 2.25. The first kappa shape index (κ1) is 15.8. The van der Waals surface area contributed by atoms with E-state index in [2.05, 4.69) is 4.72 Å². The number of thiophene rings is 1. The number of nitro groups is 1. The molecule has 1 heterocycles. The first-order valence-corrected chi connectivity index (χ1v) is 8.28. The Bertz CT molecular complexity index is 820. The summed E-state index contributed by atoms with van der Waals surface area (Å²) in [4.78, 5) is 9.94. The second-order valence-corrected chi connectivity index (χ2v) is 7.64. The van der Waals surface area contributed by atoms with Crippen molar-refractivity contribution in [1.29, 1.82) is 0 Å². The molecule has 0 saturated heterocycles. The molecule has 0 bridgehead atoms. The largest absolute Gasteiger partial charge is 0.385 e. The van der Waals surface area contributed by atoms with Crippen LogP contribution >= 0.6 is 34.5 Å². The molecule has 2 rings (SSSR count). The maximum absolute atomic E-state index is 12.2. The van der Waals surface area contributed by atoms with Gasteiger partial charge in [0.2, 0.25) is 0 Å². The fourth-order valence-electron chi connectivity index (χ4n) is 1.42. The molecule has 7 nitrogen and oxygen atoms in total. The summed E-state index contributed by atoms with van der Waals surface area (Å²) in [6, 6.07) is 5.14. The van der Waals surface area contributed by atoms with Gasteiger partial charge < -0.3 is 5.73 Å². The van der Waals surface area contributed by atoms with Gasteiger partial charge in [-0.3, -0.25) is 14.8 Å². The first-order chi connectivity index (χ1) is 9.70. The Hall–Kier alpha value is -1.55. The van der Waals surface area contributed by atoms with E-state index in [0.29, 0.717) is 11.3 Å². The van der Waals surface area contributed by atoms with E-state index in [9.17, 15) is 18.5 Å². The third-order valence-electron chi connectivity index (χ3n) is 2.35. The zero-order valence-corrected chi connectivity index (χ0v) is 13.2. The van der Waals surface area contributed by atoms with Crippen molar-refractivity contribution in [2.45, 2.75) is 4.21 Å². The number of halogens is 2. The first-order valence-electron chi connectivity index (χ1n) is 5.22. The second-order valence-electron chi connectivity index (χ2n) is 3.80. The van der Waals surface area contributed by atoms with Crippen LogP contribution in [-0.2, 0) is 10.0 Å². The van der Waals surface area contributed by atoms with Crippen LogP contribution in [0.3, 0.4) is 0 Å². The number of rotatable bonds is 4. The van der Waals surface area contributed by atoms with Gasteiger partial charge in [0.05, 0.1) is 15.6 Å². The van der Waals surface area contributed by atoms with Gasteiger partial charge in [0.15, 0.2) is 5.00 Å². The normalized spacial score (nSPS) is 11.3. The lowest BCUT2D eigenvalue weighted by Gasteiger charge is -2.08. The maximum Gasteiger partial charge on any atom is 0.304 e. The number of hydrogen-bond donors (Lipinski definition) is 2. The Balaban J connectivity index is 2.41. The SMILES string of the molecule is Nc1sc(S(=O)(=O)Nc2cc(Cl)ccc2Cl)cc1[N+](=O)[O-]. The van der Waals surface area contributed by atoms with Crippen LogP contribution in [0.2, 0.25) is 10.0 Å². The van der Waals surface area contributed by atoms with Crippen LogP contribution in [0, 0.1) is 10.1 Å². The predicted octanol–water partition coefficient (Wildman–Crippen LogP) is 3.35. The number of nitrogens with one attached hydrogen (secondary N) is 1. The van der Waals surface area contributed by atoms with Crippen molar-refractivity contribution < 1.29 is 13.3 Å². The summed E-state index contributed by atoms with van der Waals surface area (Å²) in [7, 11) is -4.05. The predicted molar refractivity (Wildman–Crippen MR) is 82.7 cm³/mol. The average molecular weight is 368 g/mol. The molecule has 3 N–H and O–H groups in total. The Morgan fingerprint density at radius 2 is 1.95 bits per heavy atom. The van der Waals surface area contributed by atoms with Gasteiger partial charge in [0.1, 0.15) is 4.21 Å². The number of nitrogen functional groups attached to an aromatic ring is 1.